The lowest BCUT2D eigenvalue weighted by Gasteiger charge is -2.35. The number of carbonyl (C=O) groups excluding carboxylic acids is 1. The van der Waals surface area contributed by atoms with E-state index in [0.717, 1.165) is 11.4 Å². The molecule has 1 aliphatic heterocycles. The molecular weight excluding hydrogens is 309 g/mol. The lowest BCUT2D eigenvalue weighted by molar-refractivity contribution is 0.0269. The average Bonchev–Trinajstić information content (AvgIpc) is 2.84. The number of ether oxygens (including phenoxy) is 1. The van der Waals surface area contributed by atoms with Crippen molar-refractivity contribution in [3.05, 3.63) is 47.0 Å². The van der Waals surface area contributed by atoms with Gasteiger partial charge < -0.3 is 9.64 Å². The minimum Gasteiger partial charge on any atom is -0.373 e. The Balaban J connectivity index is 1.80. The van der Waals surface area contributed by atoms with E-state index in [2.05, 4.69) is 5.10 Å². The number of hydrogen-bond acceptors (Lipinski definition) is 4. The third-order valence-electron chi connectivity index (χ3n) is 4.30. The highest BCUT2D eigenvalue weighted by molar-refractivity contribution is 6.00. The van der Waals surface area contributed by atoms with Crippen LogP contribution in [0.25, 0.3) is 0 Å². The Morgan fingerprint density at radius 1 is 1.42 bits per heavy atom. The van der Waals surface area contributed by atoms with Crippen molar-refractivity contribution in [3.8, 4) is 0 Å². The van der Waals surface area contributed by atoms with Gasteiger partial charge in [-0.15, -0.1) is 0 Å². The van der Waals surface area contributed by atoms with Gasteiger partial charge in [0.05, 0.1) is 36.2 Å². The number of carbonyl (C=O) groups is 1. The number of Topliss-reactive ketones (excluding diaryl/α,β-unsaturated/α-hetero) is 1. The Kier molecular flexibility index (Phi) is 4.66. The topological polar surface area (TPSA) is 47.4 Å². The lowest BCUT2D eigenvalue weighted by atomic mass is 10.1. The van der Waals surface area contributed by atoms with E-state index in [-0.39, 0.29) is 17.5 Å². The van der Waals surface area contributed by atoms with Crippen molar-refractivity contribution in [2.75, 3.05) is 24.6 Å². The molecule has 0 saturated carbocycles. The maximum atomic E-state index is 14.1. The summed E-state index contributed by atoms with van der Waals surface area (Å²) in [5.41, 5.74) is 2.86. The second-order valence-electron chi connectivity index (χ2n) is 6.24. The number of aromatic nitrogens is 2. The third kappa shape index (κ3) is 3.33. The minimum absolute atomic E-state index is 0.0557. The predicted octanol–water partition coefficient (Wildman–Crippen LogP) is 2.75. The number of morpholine rings is 1. The third-order valence-corrected chi connectivity index (χ3v) is 4.30. The molecule has 1 fully saturated rings. The summed E-state index contributed by atoms with van der Waals surface area (Å²) in [5, 5.41) is 4.47. The molecule has 2 heterocycles. The van der Waals surface area contributed by atoms with Gasteiger partial charge in [-0.3, -0.25) is 9.48 Å². The van der Waals surface area contributed by atoms with Crippen LogP contribution in [0.3, 0.4) is 0 Å². The first-order valence-corrected chi connectivity index (χ1v) is 8.12. The van der Waals surface area contributed by atoms with Gasteiger partial charge in [0.1, 0.15) is 5.82 Å². The van der Waals surface area contributed by atoms with Crippen molar-refractivity contribution in [1.82, 2.24) is 9.78 Å². The van der Waals surface area contributed by atoms with Crippen molar-refractivity contribution >= 4 is 11.5 Å². The quantitative estimate of drug-likeness (QED) is 0.808. The molecule has 0 spiro atoms. The Labute approximate surface area is 141 Å². The zero-order valence-corrected chi connectivity index (χ0v) is 14.3. The highest BCUT2D eigenvalue weighted by atomic mass is 19.1. The lowest BCUT2D eigenvalue weighted by Crippen LogP contribution is -2.45. The maximum absolute atomic E-state index is 14.1. The molecule has 1 aromatic heterocycles. The van der Waals surface area contributed by atoms with E-state index in [1.54, 1.807) is 12.1 Å². The van der Waals surface area contributed by atoms with E-state index in [1.807, 2.05) is 29.5 Å². The molecule has 24 heavy (non-hydrogen) atoms. The first-order valence-electron chi connectivity index (χ1n) is 8.12. The van der Waals surface area contributed by atoms with E-state index in [9.17, 15) is 9.18 Å². The predicted molar refractivity (Wildman–Crippen MR) is 90.1 cm³/mol. The molecule has 2 aromatic rings. The van der Waals surface area contributed by atoms with Crippen LogP contribution in [-0.2, 0) is 11.3 Å². The molecule has 0 bridgehead atoms. The van der Waals surface area contributed by atoms with E-state index in [4.69, 9.17) is 4.74 Å². The molecule has 1 aliphatic rings. The Morgan fingerprint density at radius 2 is 2.21 bits per heavy atom. The van der Waals surface area contributed by atoms with Gasteiger partial charge in [0, 0.05) is 18.8 Å². The smallest absolute Gasteiger partial charge is 0.164 e. The second-order valence-corrected chi connectivity index (χ2v) is 6.24. The Morgan fingerprint density at radius 3 is 2.88 bits per heavy atom. The Bertz CT molecular complexity index is 757. The Hall–Kier alpha value is -2.21. The number of aryl methyl sites for hydroxylation is 2. The number of rotatable bonds is 4. The highest BCUT2D eigenvalue weighted by Gasteiger charge is 2.25. The monoisotopic (exact) mass is 331 g/mol. The van der Waals surface area contributed by atoms with Crippen LogP contribution in [-0.4, -0.2) is 41.4 Å². The molecule has 3 rings (SSSR count). The summed E-state index contributed by atoms with van der Waals surface area (Å²) in [6.45, 7) is 7.79. The number of halogens is 1. The number of nitrogens with zero attached hydrogens (tertiary/aromatic N) is 3. The first-order chi connectivity index (χ1) is 11.5. The van der Waals surface area contributed by atoms with Gasteiger partial charge in [0.2, 0.25) is 0 Å². The van der Waals surface area contributed by atoms with Gasteiger partial charge in [-0.25, -0.2) is 4.39 Å². The van der Waals surface area contributed by atoms with Crippen LogP contribution in [0.4, 0.5) is 10.1 Å². The summed E-state index contributed by atoms with van der Waals surface area (Å²) < 4.78 is 21.8. The summed E-state index contributed by atoms with van der Waals surface area (Å²) in [4.78, 5) is 13.9. The van der Waals surface area contributed by atoms with Crippen molar-refractivity contribution in [2.24, 2.45) is 0 Å². The molecule has 1 atom stereocenters. The number of anilines is 1. The molecule has 1 aromatic carbocycles. The van der Waals surface area contributed by atoms with Crippen LogP contribution in [0.5, 0.6) is 0 Å². The first kappa shape index (κ1) is 16.6. The molecule has 0 radical (unpaired) electrons. The second kappa shape index (κ2) is 6.73. The number of benzene rings is 1. The van der Waals surface area contributed by atoms with Crippen molar-refractivity contribution in [1.29, 1.82) is 0 Å². The van der Waals surface area contributed by atoms with Crippen LogP contribution in [0.2, 0.25) is 0 Å². The summed E-state index contributed by atoms with van der Waals surface area (Å²) in [6.07, 6.45) is -0.0557. The van der Waals surface area contributed by atoms with Crippen LogP contribution in [0.15, 0.2) is 24.3 Å². The van der Waals surface area contributed by atoms with E-state index in [1.165, 1.54) is 13.0 Å². The SMILES string of the molecule is CC(=O)c1c(F)cccc1N1CCOC(Cn2nc(C)cc2C)C1. The molecule has 1 unspecified atom stereocenters. The van der Waals surface area contributed by atoms with Gasteiger partial charge in [0.25, 0.3) is 0 Å². The molecule has 0 N–H and O–H groups in total. The fraction of sp³-hybridized carbons (Fsp3) is 0.444. The van der Waals surface area contributed by atoms with E-state index >= 15 is 0 Å². The molecular formula is C18H22FN3O2. The fourth-order valence-corrected chi connectivity index (χ4v) is 3.23. The standard InChI is InChI=1S/C18H22FN3O2/c1-12-9-13(2)22(20-12)11-15-10-21(7-8-24-15)17-6-4-5-16(19)18(17)14(3)23/h4-6,9,15H,7-8,10-11H2,1-3H3. The van der Waals surface area contributed by atoms with Crippen molar-refractivity contribution < 1.29 is 13.9 Å². The molecule has 128 valence electrons. The van der Waals surface area contributed by atoms with Gasteiger partial charge >= 0.3 is 0 Å². The summed E-state index contributed by atoms with van der Waals surface area (Å²) >= 11 is 0. The molecule has 6 heteroatoms. The van der Waals surface area contributed by atoms with Gasteiger partial charge in [-0.05, 0) is 39.0 Å². The average molecular weight is 331 g/mol. The normalized spacial score (nSPS) is 18.0. The van der Waals surface area contributed by atoms with E-state index in [0.29, 0.717) is 31.9 Å². The van der Waals surface area contributed by atoms with Crippen molar-refractivity contribution in [2.45, 2.75) is 33.4 Å². The van der Waals surface area contributed by atoms with E-state index < -0.39 is 5.82 Å². The van der Waals surface area contributed by atoms with Crippen LogP contribution >= 0.6 is 0 Å². The van der Waals surface area contributed by atoms with Crippen molar-refractivity contribution in [3.63, 3.8) is 0 Å². The minimum atomic E-state index is -0.471. The fourth-order valence-electron chi connectivity index (χ4n) is 3.23. The highest BCUT2D eigenvalue weighted by Crippen LogP contribution is 2.26. The summed E-state index contributed by atoms with van der Waals surface area (Å²) in [6, 6.07) is 6.79. The molecule has 0 aliphatic carbocycles. The number of ketones is 1. The van der Waals surface area contributed by atoms with Crippen LogP contribution in [0.1, 0.15) is 28.7 Å². The van der Waals surface area contributed by atoms with Gasteiger partial charge in [-0.2, -0.15) is 5.10 Å². The molecule has 0 amide bonds. The molecule has 1 saturated heterocycles. The van der Waals surface area contributed by atoms with Crippen LogP contribution < -0.4 is 4.90 Å². The zero-order chi connectivity index (χ0) is 17.3. The summed E-state index contributed by atoms with van der Waals surface area (Å²) in [7, 11) is 0. The maximum Gasteiger partial charge on any atom is 0.164 e. The molecule has 5 nitrogen and oxygen atoms in total. The van der Waals surface area contributed by atoms with Crippen LogP contribution in [0, 0.1) is 19.7 Å². The largest absolute Gasteiger partial charge is 0.373 e. The number of hydrogen-bond donors (Lipinski definition) is 0. The van der Waals surface area contributed by atoms with Gasteiger partial charge in [-0.1, -0.05) is 6.07 Å². The zero-order valence-electron chi connectivity index (χ0n) is 14.3. The summed E-state index contributed by atoms with van der Waals surface area (Å²) in [5.74, 6) is -0.730. The van der Waals surface area contributed by atoms with Gasteiger partial charge in [0.15, 0.2) is 5.78 Å².